The number of thioether (sulfide) groups is 1. The molecule has 2 aromatic carbocycles. The molecule has 9 heteroatoms. The van der Waals surface area contributed by atoms with Crippen molar-refractivity contribution in [1.29, 1.82) is 5.26 Å². The van der Waals surface area contributed by atoms with Gasteiger partial charge in [0.05, 0.1) is 17.9 Å². The highest BCUT2D eigenvalue weighted by Gasteiger charge is 2.23. The van der Waals surface area contributed by atoms with Gasteiger partial charge in [0.1, 0.15) is 6.54 Å². The first kappa shape index (κ1) is 22.8. The van der Waals surface area contributed by atoms with E-state index in [1.807, 2.05) is 85.1 Å². The summed E-state index contributed by atoms with van der Waals surface area (Å²) in [7, 11) is 3.95. The van der Waals surface area contributed by atoms with Gasteiger partial charge in [-0.05, 0) is 57.4 Å². The molecule has 1 heterocycles. The van der Waals surface area contributed by atoms with Crippen LogP contribution in [-0.4, -0.2) is 52.0 Å². The van der Waals surface area contributed by atoms with Crippen molar-refractivity contribution in [2.45, 2.75) is 18.1 Å². The van der Waals surface area contributed by atoms with Crippen LogP contribution in [0, 0.1) is 11.3 Å². The van der Waals surface area contributed by atoms with Crippen LogP contribution in [0.1, 0.15) is 18.8 Å². The molecular weight excluding hydrogens is 432 g/mol. The quantitative estimate of drug-likeness (QED) is 0.375. The number of nitriles is 1. The third kappa shape index (κ3) is 5.44. The van der Waals surface area contributed by atoms with E-state index in [9.17, 15) is 10.1 Å². The SMILES string of the molecule is CC(c1nnc(SCC(=O)N(CC#N)c2ccccc2)n1-c1ccc(Cl)cc1)N(C)C. The largest absolute Gasteiger partial charge is 0.300 e. The van der Waals surface area contributed by atoms with Crippen molar-refractivity contribution in [3.63, 3.8) is 0 Å². The minimum atomic E-state index is -0.175. The highest BCUT2D eigenvalue weighted by atomic mass is 35.5. The van der Waals surface area contributed by atoms with Crippen LogP contribution in [0.2, 0.25) is 5.02 Å². The zero-order valence-corrected chi connectivity index (χ0v) is 19.1. The molecule has 7 nitrogen and oxygen atoms in total. The standard InChI is InChI=1S/C22H23ClN6OS/c1-16(27(2)3)21-25-26-22(29(21)19-11-9-17(23)10-12-19)31-15-20(30)28(14-13-24)18-7-5-4-6-8-18/h4-12,16H,14-15H2,1-3H3. The van der Waals surface area contributed by atoms with E-state index in [1.54, 1.807) is 0 Å². The monoisotopic (exact) mass is 454 g/mol. The second kappa shape index (κ2) is 10.4. The van der Waals surface area contributed by atoms with E-state index >= 15 is 0 Å². The number of para-hydroxylation sites is 1. The summed E-state index contributed by atoms with van der Waals surface area (Å²) >= 11 is 7.35. The van der Waals surface area contributed by atoms with Crippen LogP contribution >= 0.6 is 23.4 Å². The predicted octanol–water partition coefficient (Wildman–Crippen LogP) is 4.19. The van der Waals surface area contributed by atoms with Crippen LogP contribution in [0.5, 0.6) is 0 Å². The van der Waals surface area contributed by atoms with E-state index in [0.29, 0.717) is 15.9 Å². The van der Waals surface area contributed by atoms with Crippen LogP contribution in [0.15, 0.2) is 59.8 Å². The van der Waals surface area contributed by atoms with Crippen molar-refractivity contribution in [3.05, 3.63) is 65.4 Å². The molecule has 1 atom stereocenters. The van der Waals surface area contributed by atoms with Crippen molar-refractivity contribution >= 4 is 35.0 Å². The number of nitrogens with zero attached hydrogens (tertiary/aromatic N) is 6. The summed E-state index contributed by atoms with van der Waals surface area (Å²) in [5, 5.41) is 19.2. The number of aromatic nitrogens is 3. The van der Waals surface area contributed by atoms with E-state index in [0.717, 1.165) is 11.5 Å². The van der Waals surface area contributed by atoms with Crippen LogP contribution in [0.4, 0.5) is 5.69 Å². The Balaban J connectivity index is 1.88. The van der Waals surface area contributed by atoms with Gasteiger partial charge in [0.2, 0.25) is 5.91 Å². The Kier molecular flexibility index (Phi) is 7.69. The Morgan fingerprint density at radius 1 is 1.16 bits per heavy atom. The normalized spacial score (nSPS) is 11.9. The van der Waals surface area contributed by atoms with Gasteiger partial charge in [0.15, 0.2) is 11.0 Å². The number of carbonyl (C=O) groups is 1. The third-order valence-electron chi connectivity index (χ3n) is 4.81. The van der Waals surface area contributed by atoms with Gasteiger partial charge in [-0.15, -0.1) is 10.2 Å². The topological polar surface area (TPSA) is 78.0 Å². The summed E-state index contributed by atoms with van der Waals surface area (Å²) in [6.45, 7) is 2.02. The van der Waals surface area contributed by atoms with Gasteiger partial charge >= 0.3 is 0 Å². The highest BCUT2D eigenvalue weighted by molar-refractivity contribution is 7.99. The summed E-state index contributed by atoms with van der Waals surface area (Å²) < 4.78 is 1.94. The minimum absolute atomic E-state index is 0.00707. The molecule has 0 spiro atoms. The summed E-state index contributed by atoms with van der Waals surface area (Å²) in [6, 6.07) is 18.7. The van der Waals surface area contributed by atoms with Crippen molar-refractivity contribution in [2.75, 3.05) is 31.3 Å². The maximum absolute atomic E-state index is 12.9. The van der Waals surface area contributed by atoms with Crippen LogP contribution in [-0.2, 0) is 4.79 Å². The fourth-order valence-corrected chi connectivity index (χ4v) is 3.88. The van der Waals surface area contributed by atoms with E-state index in [4.69, 9.17) is 11.6 Å². The van der Waals surface area contributed by atoms with Crippen LogP contribution < -0.4 is 4.90 Å². The molecule has 1 unspecified atom stereocenters. The van der Waals surface area contributed by atoms with Gasteiger partial charge in [0, 0.05) is 16.4 Å². The average molecular weight is 455 g/mol. The fraction of sp³-hybridized carbons (Fsp3) is 0.273. The van der Waals surface area contributed by atoms with Gasteiger partial charge in [-0.1, -0.05) is 41.6 Å². The number of benzene rings is 2. The van der Waals surface area contributed by atoms with E-state index in [-0.39, 0.29) is 24.2 Å². The molecule has 0 aliphatic rings. The molecule has 1 aromatic heterocycles. The number of halogens is 1. The van der Waals surface area contributed by atoms with Crippen molar-refractivity contribution in [1.82, 2.24) is 19.7 Å². The van der Waals surface area contributed by atoms with Crippen molar-refractivity contribution in [2.24, 2.45) is 0 Å². The lowest BCUT2D eigenvalue weighted by molar-refractivity contribution is -0.116. The van der Waals surface area contributed by atoms with Gasteiger partial charge in [-0.25, -0.2) is 0 Å². The molecule has 3 rings (SSSR count). The highest BCUT2D eigenvalue weighted by Crippen LogP contribution is 2.28. The first-order chi connectivity index (χ1) is 14.9. The lowest BCUT2D eigenvalue weighted by Crippen LogP contribution is -2.32. The summed E-state index contributed by atoms with van der Waals surface area (Å²) in [4.78, 5) is 16.4. The Bertz CT molecular complexity index is 1060. The molecule has 0 radical (unpaired) electrons. The first-order valence-corrected chi connectivity index (χ1v) is 11.0. The molecule has 0 aliphatic carbocycles. The van der Waals surface area contributed by atoms with Gasteiger partial charge < -0.3 is 0 Å². The van der Waals surface area contributed by atoms with E-state index < -0.39 is 0 Å². The molecule has 0 saturated heterocycles. The fourth-order valence-electron chi connectivity index (χ4n) is 2.92. The molecule has 0 N–H and O–H groups in total. The number of carbonyl (C=O) groups excluding carboxylic acids is 1. The number of rotatable bonds is 8. The molecule has 0 fully saturated rings. The maximum Gasteiger partial charge on any atom is 0.238 e. The number of amides is 1. The predicted molar refractivity (Wildman–Crippen MR) is 124 cm³/mol. The number of hydrogen-bond acceptors (Lipinski definition) is 6. The zero-order chi connectivity index (χ0) is 22.4. The van der Waals surface area contributed by atoms with Crippen molar-refractivity contribution < 1.29 is 4.79 Å². The first-order valence-electron chi connectivity index (χ1n) is 9.65. The molecule has 0 bridgehead atoms. The molecule has 0 aliphatic heterocycles. The van der Waals surface area contributed by atoms with Gasteiger partial charge in [0.25, 0.3) is 0 Å². The minimum Gasteiger partial charge on any atom is -0.300 e. The van der Waals surface area contributed by atoms with Crippen molar-refractivity contribution in [3.8, 4) is 11.8 Å². The Morgan fingerprint density at radius 3 is 2.45 bits per heavy atom. The maximum atomic E-state index is 12.9. The number of hydrogen-bond donors (Lipinski definition) is 0. The van der Waals surface area contributed by atoms with E-state index in [1.165, 1.54) is 16.7 Å². The average Bonchev–Trinajstić information content (AvgIpc) is 3.20. The van der Waals surface area contributed by atoms with Crippen LogP contribution in [0.25, 0.3) is 5.69 Å². The smallest absolute Gasteiger partial charge is 0.238 e. The Hall–Kier alpha value is -2.86. The summed E-state index contributed by atoms with van der Waals surface area (Å²) in [5.74, 6) is 0.711. The Labute approximate surface area is 191 Å². The second-order valence-electron chi connectivity index (χ2n) is 7.05. The molecule has 0 saturated carbocycles. The number of anilines is 1. The lowest BCUT2D eigenvalue weighted by atomic mass is 10.2. The van der Waals surface area contributed by atoms with Gasteiger partial charge in [-0.3, -0.25) is 19.2 Å². The molecule has 160 valence electrons. The van der Waals surface area contributed by atoms with Crippen LogP contribution in [0.3, 0.4) is 0 Å². The van der Waals surface area contributed by atoms with E-state index in [2.05, 4.69) is 16.3 Å². The molecule has 1 amide bonds. The lowest BCUT2D eigenvalue weighted by Gasteiger charge is -2.21. The summed E-state index contributed by atoms with van der Waals surface area (Å²) in [6.07, 6.45) is 0. The molecule has 3 aromatic rings. The summed E-state index contributed by atoms with van der Waals surface area (Å²) in [5.41, 5.74) is 1.56. The Morgan fingerprint density at radius 2 is 1.84 bits per heavy atom. The molecular formula is C22H23ClN6OS. The third-order valence-corrected chi connectivity index (χ3v) is 5.98. The van der Waals surface area contributed by atoms with Gasteiger partial charge in [-0.2, -0.15) is 5.26 Å². The second-order valence-corrected chi connectivity index (χ2v) is 8.43. The molecule has 31 heavy (non-hydrogen) atoms. The zero-order valence-electron chi connectivity index (χ0n) is 17.6.